The smallest absolute Gasteiger partial charge is 0.344 e. The monoisotopic (exact) mass is 361 g/mol. The number of imidazole rings is 1. The number of alkyl halides is 2. The van der Waals surface area contributed by atoms with Crippen molar-refractivity contribution >= 4 is 17.0 Å². The maximum absolute atomic E-state index is 13.5. The molecule has 0 aliphatic rings. The number of halogens is 2. The third-order valence-electron chi connectivity index (χ3n) is 3.74. The summed E-state index contributed by atoms with van der Waals surface area (Å²) in [5.41, 5.74) is 0.805. The molecule has 0 radical (unpaired) electrons. The largest absolute Gasteiger partial charge is 0.477 e. The van der Waals surface area contributed by atoms with Crippen LogP contribution >= 0.6 is 0 Å². The van der Waals surface area contributed by atoms with Crippen molar-refractivity contribution in [2.24, 2.45) is 0 Å². The van der Waals surface area contributed by atoms with E-state index in [0.717, 1.165) is 4.57 Å². The molecule has 0 saturated carbocycles. The molecule has 0 fully saturated rings. The molecule has 0 spiro atoms. The van der Waals surface area contributed by atoms with E-state index in [9.17, 15) is 13.6 Å². The molecule has 3 rings (SSSR count). The van der Waals surface area contributed by atoms with Crippen molar-refractivity contribution in [1.82, 2.24) is 14.5 Å². The molecule has 1 atom stereocenters. The molecule has 6 nitrogen and oxygen atoms in total. The fraction of sp³-hybridized carbons (Fsp3) is 0.278. The summed E-state index contributed by atoms with van der Waals surface area (Å²) in [5, 5.41) is 0. The minimum Gasteiger partial charge on any atom is -0.477 e. The molecular formula is C18H17F2N3O3. The number of esters is 1. The number of pyridine rings is 1. The molecule has 8 heteroatoms. The lowest BCUT2D eigenvalue weighted by molar-refractivity contribution is 0.0229. The van der Waals surface area contributed by atoms with E-state index in [1.54, 1.807) is 37.3 Å². The van der Waals surface area contributed by atoms with Crippen LogP contribution in [0, 0.1) is 0 Å². The lowest BCUT2D eigenvalue weighted by Crippen LogP contribution is -2.15. The standard InChI is InChI=1S/C18H17F2N3O3/c1-3-25-16-12(7-6-10-21-16)17(24)26-11(2)15-22-13-8-4-5-9-14(13)23(15)18(19)20/h4-11,18H,3H2,1-2H3/t11-/m0/s1. The molecule has 0 unspecified atom stereocenters. The normalized spacial score (nSPS) is 12.3. The van der Waals surface area contributed by atoms with E-state index in [4.69, 9.17) is 9.47 Å². The first-order valence-electron chi connectivity index (χ1n) is 8.06. The Kier molecular flexibility index (Phi) is 5.11. The summed E-state index contributed by atoms with van der Waals surface area (Å²) in [6.45, 7) is 0.774. The summed E-state index contributed by atoms with van der Waals surface area (Å²) in [7, 11) is 0. The molecule has 0 aliphatic carbocycles. The minimum absolute atomic E-state index is 0.0311. The molecule has 3 aromatic rings. The predicted octanol–water partition coefficient (Wildman–Crippen LogP) is 4.14. The van der Waals surface area contributed by atoms with Gasteiger partial charge in [0.25, 0.3) is 0 Å². The summed E-state index contributed by atoms with van der Waals surface area (Å²) in [5.74, 6) is -0.618. The zero-order chi connectivity index (χ0) is 18.7. The van der Waals surface area contributed by atoms with Crippen LogP contribution in [0.2, 0.25) is 0 Å². The molecular weight excluding hydrogens is 344 g/mol. The van der Waals surface area contributed by atoms with Gasteiger partial charge in [0, 0.05) is 6.20 Å². The highest BCUT2D eigenvalue weighted by Gasteiger charge is 2.25. The van der Waals surface area contributed by atoms with Crippen LogP contribution in [0.4, 0.5) is 8.78 Å². The van der Waals surface area contributed by atoms with Crippen LogP contribution < -0.4 is 4.74 Å². The second-order valence-corrected chi connectivity index (χ2v) is 5.44. The van der Waals surface area contributed by atoms with Gasteiger partial charge in [-0.1, -0.05) is 12.1 Å². The van der Waals surface area contributed by atoms with Gasteiger partial charge in [0.2, 0.25) is 5.88 Å². The highest BCUT2D eigenvalue weighted by molar-refractivity contribution is 5.92. The Morgan fingerprint density at radius 3 is 2.73 bits per heavy atom. The van der Waals surface area contributed by atoms with Gasteiger partial charge in [-0.05, 0) is 38.1 Å². The van der Waals surface area contributed by atoms with E-state index in [2.05, 4.69) is 9.97 Å². The molecule has 1 aromatic carbocycles. The molecule has 26 heavy (non-hydrogen) atoms. The van der Waals surface area contributed by atoms with Crippen LogP contribution in [0.5, 0.6) is 5.88 Å². The lowest BCUT2D eigenvalue weighted by Gasteiger charge is -2.16. The number of hydrogen-bond donors (Lipinski definition) is 0. The van der Waals surface area contributed by atoms with E-state index in [0.29, 0.717) is 12.1 Å². The number of para-hydroxylation sites is 2. The van der Waals surface area contributed by atoms with Crippen LogP contribution in [0.3, 0.4) is 0 Å². The van der Waals surface area contributed by atoms with Gasteiger partial charge in [0.1, 0.15) is 5.56 Å². The first-order chi connectivity index (χ1) is 12.5. The number of aromatic nitrogens is 3. The molecule has 136 valence electrons. The SMILES string of the molecule is CCOc1ncccc1C(=O)O[C@@H](C)c1nc2ccccc2n1C(F)F. The van der Waals surface area contributed by atoms with Crippen molar-refractivity contribution in [3.8, 4) is 5.88 Å². The third kappa shape index (κ3) is 3.35. The van der Waals surface area contributed by atoms with Crippen LogP contribution in [0.1, 0.15) is 42.7 Å². The van der Waals surface area contributed by atoms with E-state index < -0.39 is 18.6 Å². The van der Waals surface area contributed by atoms with Crippen LogP contribution in [-0.4, -0.2) is 27.1 Å². The second-order valence-electron chi connectivity index (χ2n) is 5.44. The summed E-state index contributed by atoms with van der Waals surface area (Å²) >= 11 is 0. The topological polar surface area (TPSA) is 66.2 Å². The Balaban J connectivity index is 1.91. The summed E-state index contributed by atoms with van der Waals surface area (Å²) in [4.78, 5) is 20.6. The summed E-state index contributed by atoms with van der Waals surface area (Å²) < 4.78 is 38.5. The van der Waals surface area contributed by atoms with Crippen LogP contribution in [0.25, 0.3) is 11.0 Å². The van der Waals surface area contributed by atoms with Gasteiger partial charge < -0.3 is 9.47 Å². The van der Waals surface area contributed by atoms with E-state index in [1.807, 2.05) is 0 Å². The fourth-order valence-corrected chi connectivity index (χ4v) is 2.63. The Morgan fingerprint density at radius 1 is 1.23 bits per heavy atom. The number of carbonyl (C=O) groups excluding carboxylic acids is 1. The fourth-order valence-electron chi connectivity index (χ4n) is 2.63. The Labute approximate surface area is 148 Å². The predicted molar refractivity (Wildman–Crippen MR) is 90.2 cm³/mol. The van der Waals surface area contributed by atoms with Gasteiger partial charge in [-0.25, -0.2) is 14.8 Å². The Bertz CT molecular complexity index is 927. The number of ether oxygens (including phenoxy) is 2. The molecule has 0 aliphatic heterocycles. The van der Waals surface area contributed by atoms with Crippen LogP contribution in [-0.2, 0) is 4.74 Å². The molecule has 0 N–H and O–H groups in total. The first kappa shape index (κ1) is 17.8. The minimum atomic E-state index is -2.81. The number of benzene rings is 1. The molecule has 0 saturated heterocycles. The van der Waals surface area contributed by atoms with Crippen molar-refractivity contribution in [1.29, 1.82) is 0 Å². The number of rotatable bonds is 6. The number of fused-ring (bicyclic) bond motifs is 1. The van der Waals surface area contributed by atoms with Gasteiger partial charge in [0.05, 0.1) is 17.6 Å². The maximum Gasteiger partial charge on any atom is 0.344 e. The number of carbonyl (C=O) groups is 1. The van der Waals surface area contributed by atoms with Crippen molar-refractivity contribution < 1.29 is 23.0 Å². The first-order valence-corrected chi connectivity index (χ1v) is 8.06. The third-order valence-corrected chi connectivity index (χ3v) is 3.74. The summed E-state index contributed by atoms with van der Waals surface area (Å²) in [6.07, 6.45) is 0.500. The van der Waals surface area contributed by atoms with Gasteiger partial charge in [-0.3, -0.25) is 4.57 Å². The average molecular weight is 361 g/mol. The van der Waals surface area contributed by atoms with Gasteiger partial charge >= 0.3 is 12.5 Å². The quantitative estimate of drug-likeness (QED) is 0.617. The van der Waals surface area contributed by atoms with Crippen molar-refractivity contribution in [2.45, 2.75) is 26.5 Å². The highest BCUT2D eigenvalue weighted by Crippen LogP contribution is 2.29. The van der Waals surface area contributed by atoms with Gasteiger partial charge in [-0.15, -0.1) is 0 Å². The summed E-state index contributed by atoms with van der Waals surface area (Å²) in [6, 6.07) is 9.59. The number of nitrogens with zero attached hydrogens (tertiary/aromatic N) is 3. The van der Waals surface area contributed by atoms with Gasteiger partial charge in [-0.2, -0.15) is 8.78 Å². The van der Waals surface area contributed by atoms with E-state index in [-0.39, 0.29) is 22.8 Å². The molecule has 2 aromatic heterocycles. The molecule has 0 bridgehead atoms. The Hall–Kier alpha value is -3.03. The van der Waals surface area contributed by atoms with Gasteiger partial charge in [0.15, 0.2) is 11.9 Å². The zero-order valence-electron chi connectivity index (χ0n) is 14.2. The highest BCUT2D eigenvalue weighted by atomic mass is 19.3. The van der Waals surface area contributed by atoms with Crippen molar-refractivity contribution in [3.05, 3.63) is 54.0 Å². The molecule has 2 heterocycles. The average Bonchev–Trinajstić information content (AvgIpc) is 3.02. The van der Waals surface area contributed by atoms with E-state index >= 15 is 0 Å². The van der Waals surface area contributed by atoms with E-state index in [1.165, 1.54) is 19.2 Å². The zero-order valence-corrected chi connectivity index (χ0v) is 14.2. The van der Waals surface area contributed by atoms with Crippen molar-refractivity contribution in [3.63, 3.8) is 0 Å². The maximum atomic E-state index is 13.5. The number of hydrogen-bond acceptors (Lipinski definition) is 5. The molecule has 0 amide bonds. The van der Waals surface area contributed by atoms with Crippen LogP contribution in [0.15, 0.2) is 42.6 Å². The Morgan fingerprint density at radius 2 is 2.00 bits per heavy atom. The second kappa shape index (κ2) is 7.47. The van der Waals surface area contributed by atoms with Crippen molar-refractivity contribution in [2.75, 3.05) is 6.61 Å². The lowest BCUT2D eigenvalue weighted by atomic mass is 10.2.